The van der Waals surface area contributed by atoms with Gasteiger partial charge in [-0.2, -0.15) is 0 Å². The molecule has 4 fully saturated rings. The molecule has 0 aromatic heterocycles. The molecule has 5 aliphatic carbocycles. The Hall–Kier alpha value is -0.790. The van der Waals surface area contributed by atoms with E-state index in [4.69, 9.17) is 4.74 Å². The first-order valence-corrected chi connectivity index (χ1v) is 25.5. The number of hydrogen-bond donors (Lipinski definition) is 0. The highest BCUT2D eigenvalue weighted by Gasteiger charge is 2.68. The van der Waals surface area contributed by atoms with Crippen LogP contribution in [0.4, 0.5) is 0 Å². The molecule has 5 aliphatic rings. The van der Waals surface area contributed by atoms with Crippen molar-refractivity contribution in [3.05, 3.63) is 11.6 Å². The largest absolute Gasteiger partial charge is 0.462 e. The molecule has 8 atom stereocenters. The number of fused-ring (bicyclic) bond motifs is 7. The van der Waals surface area contributed by atoms with Crippen LogP contribution in [0.5, 0.6) is 0 Å². The van der Waals surface area contributed by atoms with Crippen LogP contribution in [0.1, 0.15) is 268 Å². The summed E-state index contributed by atoms with van der Waals surface area (Å²) in [6.07, 6.45) is 45.8. The van der Waals surface area contributed by atoms with Gasteiger partial charge in [-0.3, -0.25) is 4.79 Å². The standard InChI is InChI=1S/C54H96O2/c1-10-11-12-13-14-15-16-17-18-19-20-21-22-23-24-25-26-27-28-29-30-31-48(55)56-47-35-36-52(7)45(50(47,4)5)34-37-54(9)46(52)33-32-43-44-42-49(2,3)38-39-51(44,6)40-41-53(43,54)8/h32,44-47H,10-31,33-42H2,1-9H3/t44-,45-,46+,47-,51+,52-,53+,54+/m0/s1. The Balaban J connectivity index is 0.954. The highest BCUT2D eigenvalue weighted by molar-refractivity contribution is 5.69. The van der Waals surface area contributed by atoms with Gasteiger partial charge in [0.05, 0.1) is 0 Å². The van der Waals surface area contributed by atoms with Crippen LogP contribution in [-0.4, -0.2) is 12.1 Å². The Morgan fingerprint density at radius 2 is 1.09 bits per heavy atom. The molecule has 0 aliphatic heterocycles. The Morgan fingerprint density at radius 3 is 1.62 bits per heavy atom. The zero-order valence-electron chi connectivity index (χ0n) is 39.3. The topological polar surface area (TPSA) is 26.3 Å². The first-order chi connectivity index (χ1) is 26.6. The highest BCUT2D eigenvalue weighted by atomic mass is 16.5. The van der Waals surface area contributed by atoms with Crippen LogP contribution in [0, 0.1) is 50.2 Å². The molecular weight excluding hydrogens is 681 g/mol. The highest BCUT2D eigenvalue weighted by Crippen LogP contribution is 2.75. The molecule has 2 nitrogen and oxygen atoms in total. The molecule has 0 aromatic rings. The van der Waals surface area contributed by atoms with Crippen LogP contribution in [-0.2, 0) is 9.53 Å². The van der Waals surface area contributed by atoms with Crippen LogP contribution in [0.3, 0.4) is 0 Å². The summed E-state index contributed by atoms with van der Waals surface area (Å²) in [5, 5.41) is 0. The van der Waals surface area contributed by atoms with Crippen molar-refractivity contribution < 1.29 is 9.53 Å². The summed E-state index contributed by atoms with van der Waals surface area (Å²) in [7, 11) is 0. The van der Waals surface area contributed by atoms with Gasteiger partial charge in [-0.15, -0.1) is 0 Å². The van der Waals surface area contributed by atoms with Gasteiger partial charge in [-0.25, -0.2) is 0 Å². The zero-order chi connectivity index (χ0) is 40.5. The van der Waals surface area contributed by atoms with Gasteiger partial charge in [0.15, 0.2) is 0 Å². The minimum atomic E-state index is 0.0281. The van der Waals surface area contributed by atoms with Gasteiger partial charge in [0.25, 0.3) is 0 Å². The third kappa shape index (κ3) is 10.6. The van der Waals surface area contributed by atoms with Crippen molar-refractivity contribution in [2.45, 2.75) is 274 Å². The molecule has 0 aromatic carbocycles. The predicted molar refractivity (Wildman–Crippen MR) is 242 cm³/mol. The molecule has 0 heterocycles. The second-order valence-corrected chi connectivity index (χ2v) is 23.5. The van der Waals surface area contributed by atoms with E-state index in [1.807, 2.05) is 5.57 Å². The molecule has 2 heteroatoms. The van der Waals surface area contributed by atoms with E-state index in [0.29, 0.717) is 39.4 Å². The second-order valence-electron chi connectivity index (χ2n) is 23.5. The average Bonchev–Trinajstić information content (AvgIpc) is 3.14. The molecular formula is C54H96O2. The van der Waals surface area contributed by atoms with E-state index in [2.05, 4.69) is 68.4 Å². The van der Waals surface area contributed by atoms with Crippen LogP contribution in [0.2, 0.25) is 0 Å². The molecule has 0 spiro atoms. The summed E-state index contributed by atoms with van der Waals surface area (Å²) in [5.74, 6) is 2.18. The number of carbonyl (C=O) groups is 1. The lowest BCUT2D eigenvalue weighted by molar-refractivity contribution is -0.212. The number of ether oxygens (including phenoxy) is 1. The molecule has 56 heavy (non-hydrogen) atoms. The second kappa shape index (κ2) is 20.2. The first-order valence-electron chi connectivity index (χ1n) is 25.5. The fourth-order valence-electron chi connectivity index (χ4n) is 14.6. The van der Waals surface area contributed by atoms with Crippen molar-refractivity contribution in [1.82, 2.24) is 0 Å². The summed E-state index contributed by atoms with van der Waals surface area (Å²) in [6, 6.07) is 0. The Kier molecular flexibility index (Phi) is 16.7. The van der Waals surface area contributed by atoms with E-state index in [9.17, 15) is 4.79 Å². The van der Waals surface area contributed by atoms with E-state index in [1.54, 1.807) is 0 Å². The fraction of sp³-hybridized carbons (Fsp3) is 0.944. The van der Waals surface area contributed by atoms with Gasteiger partial charge in [-0.1, -0.05) is 202 Å². The number of unbranched alkanes of at least 4 members (excludes halogenated alkanes) is 20. The molecule has 0 N–H and O–H groups in total. The third-order valence-corrected chi connectivity index (χ3v) is 18.8. The quantitative estimate of drug-likeness (QED) is 0.0587. The summed E-state index contributed by atoms with van der Waals surface area (Å²) >= 11 is 0. The molecule has 0 saturated heterocycles. The van der Waals surface area contributed by atoms with Crippen LogP contribution in [0.25, 0.3) is 0 Å². The number of allylic oxidation sites excluding steroid dienone is 2. The maximum absolute atomic E-state index is 13.3. The van der Waals surface area contributed by atoms with E-state index in [1.165, 1.54) is 186 Å². The number of carbonyl (C=O) groups excluding carboxylic acids is 1. The SMILES string of the molecule is CCCCCCCCCCCCCCCCCCCCCCCC(=O)O[C@H]1CC[C@]2(C)[C@H]3CC=C4[C@@H]5CC(C)(C)CC[C@]5(C)CC[C@@]4(C)[C@]3(C)CC[C@H]2C1(C)C. The zero-order valence-corrected chi connectivity index (χ0v) is 39.3. The Morgan fingerprint density at radius 1 is 0.589 bits per heavy atom. The van der Waals surface area contributed by atoms with Crippen molar-refractivity contribution >= 4 is 5.97 Å². The summed E-state index contributed by atoms with van der Waals surface area (Å²) in [6.45, 7) is 23.1. The number of esters is 1. The Bertz CT molecular complexity index is 1240. The molecule has 0 radical (unpaired) electrons. The molecule has 4 saturated carbocycles. The monoisotopic (exact) mass is 777 g/mol. The minimum absolute atomic E-state index is 0.0281. The molecule has 0 unspecified atom stereocenters. The smallest absolute Gasteiger partial charge is 0.306 e. The Labute approximate surface area is 350 Å². The summed E-state index contributed by atoms with van der Waals surface area (Å²) in [5.41, 5.74) is 3.86. The number of hydrogen-bond acceptors (Lipinski definition) is 2. The van der Waals surface area contributed by atoms with Crippen LogP contribution >= 0.6 is 0 Å². The van der Waals surface area contributed by atoms with E-state index in [0.717, 1.165) is 24.7 Å². The fourth-order valence-corrected chi connectivity index (χ4v) is 14.6. The summed E-state index contributed by atoms with van der Waals surface area (Å²) < 4.78 is 6.45. The van der Waals surface area contributed by atoms with Gasteiger partial charge in [0.2, 0.25) is 0 Å². The van der Waals surface area contributed by atoms with Gasteiger partial charge in [-0.05, 0) is 115 Å². The van der Waals surface area contributed by atoms with Crippen LogP contribution in [0.15, 0.2) is 11.6 Å². The maximum atomic E-state index is 13.3. The van der Waals surface area contributed by atoms with Gasteiger partial charge in [0.1, 0.15) is 6.10 Å². The molecule has 0 amide bonds. The van der Waals surface area contributed by atoms with Crippen molar-refractivity contribution in [2.24, 2.45) is 50.2 Å². The lowest BCUT2D eigenvalue weighted by atomic mass is 9.33. The maximum Gasteiger partial charge on any atom is 0.306 e. The van der Waals surface area contributed by atoms with Crippen molar-refractivity contribution in [3.8, 4) is 0 Å². The van der Waals surface area contributed by atoms with Crippen molar-refractivity contribution in [2.75, 3.05) is 0 Å². The third-order valence-electron chi connectivity index (χ3n) is 18.8. The van der Waals surface area contributed by atoms with Gasteiger partial charge < -0.3 is 4.74 Å². The number of rotatable bonds is 23. The minimum Gasteiger partial charge on any atom is -0.462 e. The lowest BCUT2D eigenvalue weighted by Crippen LogP contribution is -2.64. The van der Waals surface area contributed by atoms with Crippen molar-refractivity contribution in [3.63, 3.8) is 0 Å². The normalized spacial score (nSPS) is 35.8. The van der Waals surface area contributed by atoms with E-state index in [-0.39, 0.29) is 17.5 Å². The summed E-state index contributed by atoms with van der Waals surface area (Å²) in [4.78, 5) is 13.3. The first kappa shape index (κ1) is 46.3. The van der Waals surface area contributed by atoms with Gasteiger partial charge in [0, 0.05) is 11.8 Å². The molecule has 324 valence electrons. The molecule has 5 rings (SSSR count). The van der Waals surface area contributed by atoms with Crippen LogP contribution < -0.4 is 0 Å². The van der Waals surface area contributed by atoms with E-state index >= 15 is 0 Å². The van der Waals surface area contributed by atoms with Gasteiger partial charge >= 0.3 is 5.97 Å². The van der Waals surface area contributed by atoms with Crippen molar-refractivity contribution in [1.29, 1.82) is 0 Å². The lowest BCUT2D eigenvalue weighted by Gasteiger charge is -2.71. The average molecular weight is 777 g/mol. The van der Waals surface area contributed by atoms with E-state index < -0.39 is 0 Å². The molecule has 0 bridgehead atoms. The predicted octanol–water partition coefficient (Wildman–Crippen LogP) is 17.3.